The minimum absolute atomic E-state index is 0.330. The second-order valence-electron chi connectivity index (χ2n) is 5.98. The van der Waals surface area contributed by atoms with Gasteiger partial charge >= 0.3 is 0 Å². The average Bonchev–Trinajstić information content (AvgIpc) is 2.70. The highest BCUT2D eigenvalue weighted by Crippen LogP contribution is 2.32. The number of nitrogens with one attached hydrogen (secondary N) is 1. The Hall–Kier alpha value is -1.80. The predicted octanol–water partition coefficient (Wildman–Crippen LogP) is 4.51. The fraction of sp³-hybridized carbons (Fsp3) is 0.368. The minimum atomic E-state index is 0.330. The first kappa shape index (κ1) is 14.2. The number of aromatic hydroxyl groups is 1. The predicted molar refractivity (Wildman–Crippen MR) is 86.4 cm³/mol. The summed E-state index contributed by atoms with van der Waals surface area (Å²) in [4.78, 5) is 0. The van der Waals surface area contributed by atoms with Gasteiger partial charge in [-0.25, -0.2) is 0 Å². The quantitative estimate of drug-likeness (QED) is 0.811. The van der Waals surface area contributed by atoms with E-state index in [2.05, 4.69) is 48.6 Å². The maximum atomic E-state index is 9.71. The highest BCUT2D eigenvalue weighted by Gasteiger charge is 2.20. The van der Waals surface area contributed by atoms with Gasteiger partial charge in [0.2, 0.25) is 0 Å². The Morgan fingerprint density at radius 3 is 2.71 bits per heavy atom. The molecule has 3 rings (SSSR count). The Kier molecular flexibility index (Phi) is 4.26. The Bertz CT molecular complexity index is 594. The summed E-state index contributed by atoms with van der Waals surface area (Å²) < 4.78 is 0. The molecular weight excluding hydrogens is 258 g/mol. The number of rotatable bonds is 3. The molecule has 0 fully saturated rings. The second kappa shape index (κ2) is 6.31. The van der Waals surface area contributed by atoms with Crippen LogP contribution in [0.2, 0.25) is 0 Å². The first-order chi connectivity index (χ1) is 10.2. The normalized spacial score (nSPS) is 19.6. The Balaban J connectivity index is 1.82. The highest BCUT2D eigenvalue weighted by molar-refractivity contribution is 5.38. The summed E-state index contributed by atoms with van der Waals surface area (Å²) in [5.74, 6) is 0.380. The van der Waals surface area contributed by atoms with E-state index in [1.54, 1.807) is 0 Å². The van der Waals surface area contributed by atoms with Crippen LogP contribution in [0.15, 0.2) is 48.5 Å². The fourth-order valence-corrected chi connectivity index (χ4v) is 3.28. The van der Waals surface area contributed by atoms with Crippen molar-refractivity contribution in [3.8, 4) is 5.75 Å². The van der Waals surface area contributed by atoms with Crippen molar-refractivity contribution in [1.29, 1.82) is 0 Å². The van der Waals surface area contributed by atoms with Crippen molar-refractivity contribution in [2.45, 2.75) is 44.7 Å². The maximum absolute atomic E-state index is 9.71. The van der Waals surface area contributed by atoms with Gasteiger partial charge in [-0.2, -0.15) is 0 Å². The lowest BCUT2D eigenvalue weighted by Gasteiger charge is -2.24. The molecule has 0 unspecified atom stereocenters. The van der Waals surface area contributed by atoms with Crippen LogP contribution in [0.3, 0.4) is 0 Å². The van der Waals surface area contributed by atoms with Gasteiger partial charge in [0, 0.05) is 12.1 Å². The van der Waals surface area contributed by atoms with Crippen molar-refractivity contribution >= 4 is 0 Å². The summed E-state index contributed by atoms with van der Waals surface area (Å²) in [5, 5.41) is 13.5. The zero-order valence-electron chi connectivity index (χ0n) is 12.5. The van der Waals surface area contributed by atoms with Crippen molar-refractivity contribution in [2.24, 2.45) is 0 Å². The summed E-state index contributed by atoms with van der Waals surface area (Å²) in [5.41, 5.74) is 3.97. The maximum Gasteiger partial charge on any atom is 0.115 e. The number of aryl methyl sites for hydroxylation is 1. The molecule has 1 aliphatic carbocycles. The first-order valence-corrected chi connectivity index (χ1v) is 7.87. The van der Waals surface area contributed by atoms with Gasteiger partial charge in [-0.1, -0.05) is 42.8 Å². The molecule has 0 heterocycles. The van der Waals surface area contributed by atoms with Gasteiger partial charge in [0.05, 0.1) is 0 Å². The van der Waals surface area contributed by atoms with Crippen LogP contribution in [0.4, 0.5) is 0 Å². The van der Waals surface area contributed by atoms with Gasteiger partial charge < -0.3 is 10.4 Å². The Morgan fingerprint density at radius 1 is 1.10 bits per heavy atom. The summed E-state index contributed by atoms with van der Waals surface area (Å²) in [6.45, 7) is 2.22. The van der Waals surface area contributed by atoms with E-state index in [-0.39, 0.29) is 0 Å². The van der Waals surface area contributed by atoms with Crippen molar-refractivity contribution < 1.29 is 5.11 Å². The molecule has 0 saturated heterocycles. The van der Waals surface area contributed by atoms with E-state index in [1.165, 1.54) is 29.5 Å². The standard InChI is InChI=1S/C19H23NO/c1-14(15-7-3-2-4-8-15)20-19-10-6-5-9-16-13-17(21)11-12-18(16)19/h2-4,7-8,11-14,19-21H,5-6,9-10H2,1H3/t14-,19-/m1/s1. The smallest absolute Gasteiger partial charge is 0.115 e. The molecule has 21 heavy (non-hydrogen) atoms. The zero-order chi connectivity index (χ0) is 14.7. The average molecular weight is 281 g/mol. The fourth-order valence-electron chi connectivity index (χ4n) is 3.28. The number of fused-ring (bicyclic) bond motifs is 1. The first-order valence-electron chi connectivity index (χ1n) is 7.87. The van der Waals surface area contributed by atoms with Crippen LogP contribution in [-0.2, 0) is 6.42 Å². The topological polar surface area (TPSA) is 32.3 Å². The molecule has 2 heteroatoms. The summed E-state index contributed by atoms with van der Waals surface area (Å²) in [7, 11) is 0. The molecule has 2 N–H and O–H groups in total. The molecule has 0 saturated carbocycles. The monoisotopic (exact) mass is 281 g/mol. The molecular formula is C19H23NO. The Morgan fingerprint density at radius 2 is 1.90 bits per heavy atom. The largest absolute Gasteiger partial charge is 0.508 e. The summed E-state index contributed by atoms with van der Waals surface area (Å²) >= 11 is 0. The van der Waals surface area contributed by atoms with E-state index < -0.39 is 0 Å². The van der Waals surface area contributed by atoms with Crippen molar-refractivity contribution in [3.05, 3.63) is 65.2 Å². The van der Waals surface area contributed by atoms with Gasteiger partial charge in [-0.05, 0) is 55.0 Å². The van der Waals surface area contributed by atoms with Gasteiger partial charge in [-0.3, -0.25) is 0 Å². The molecule has 0 radical (unpaired) electrons. The van der Waals surface area contributed by atoms with Crippen molar-refractivity contribution in [3.63, 3.8) is 0 Å². The van der Waals surface area contributed by atoms with E-state index >= 15 is 0 Å². The lowest BCUT2D eigenvalue weighted by molar-refractivity contribution is 0.436. The number of phenolic OH excluding ortho intramolecular Hbond substituents is 1. The molecule has 2 aromatic rings. The van der Waals surface area contributed by atoms with Crippen molar-refractivity contribution in [2.75, 3.05) is 0 Å². The number of benzene rings is 2. The SMILES string of the molecule is C[C@@H](N[C@@H]1CCCCc2cc(O)ccc21)c1ccccc1. The molecule has 1 aliphatic rings. The van der Waals surface area contributed by atoms with E-state index in [1.807, 2.05) is 12.1 Å². The van der Waals surface area contributed by atoms with Gasteiger partial charge in [0.15, 0.2) is 0 Å². The minimum Gasteiger partial charge on any atom is -0.508 e. The second-order valence-corrected chi connectivity index (χ2v) is 5.98. The van der Waals surface area contributed by atoms with Crippen LogP contribution in [0.25, 0.3) is 0 Å². The number of hydrogen-bond donors (Lipinski definition) is 2. The van der Waals surface area contributed by atoms with Crippen LogP contribution in [-0.4, -0.2) is 5.11 Å². The third-order valence-corrected chi connectivity index (χ3v) is 4.44. The van der Waals surface area contributed by atoms with Gasteiger partial charge in [0.25, 0.3) is 0 Å². The van der Waals surface area contributed by atoms with Crippen LogP contribution >= 0.6 is 0 Å². The molecule has 0 bridgehead atoms. The molecule has 0 aromatic heterocycles. The summed E-state index contributed by atoms with van der Waals surface area (Å²) in [6, 6.07) is 17.1. The van der Waals surface area contributed by atoms with Crippen LogP contribution in [0, 0.1) is 0 Å². The van der Waals surface area contributed by atoms with Gasteiger partial charge in [0.1, 0.15) is 5.75 Å². The molecule has 0 aliphatic heterocycles. The zero-order valence-corrected chi connectivity index (χ0v) is 12.5. The van der Waals surface area contributed by atoms with E-state index in [9.17, 15) is 5.11 Å². The molecule has 0 spiro atoms. The Labute approximate surface area is 126 Å². The third-order valence-electron chi connectivity index (χ3n) is 4.44. The van der Waals surface area contributed by atoms with E-state index in [0.717, 1.165) is 12.8 Å². The van der Waals surface area contributed by atoms with Crippen LogP contribution in [0.1, 0.15) is 55.0 Å². The summed E-state index contributed by atoms with van der Waals surface area (Å²) in [6.07, 6.45) is 4.67. The van der Waals surface area contributed by atoms with E-state index in [4.69, 9.17) is 0 Å². The lowest BCUT2D eigenvalue weighted by atomic mass is 9.97. The third kappa shape index (κ3) is 3.27. The molecule has 2 nitrogen and oxygen atoms in total. The van der Waals surface area contributed by atoms with E-state index in [0.29, 0.717) is 17.8 Å². The lowest BCUT2D eigenvalue weighted by Crippen LogP contribution is -2.24. The molecule has 2 atom stereocenters. The molecule has 110 valence electrons. The number of hydrogen-bond acceptors (Lipinski definition) is 2. The van der Waals surface area contributed by atoms with Gasteiger partial charge in [-0.15, -0.1) is 0 Å². The van der Waals surface area contributed by atoms with Crippen LogP contribution < -0.4 is 5.32 Å². The molecule has 2 aromatic carbocycles. The number of phenols is 1. The highest BCUT2D eigenvalue weighted by atomic mass is 16.3. The van der Waals surface area contributed by atoms with Crippen molar-refractivity contribution in [1.82, 2.24) is 5.32 Å². The molecule has 0 amide bonds. The van der Waals surface area contributed by atoms with Crippen LogP contribution in [0.5, 0.6) is 5.75 Å².